The molecule has 0 radical (unpaired) electrons. The predicted octanol–water partition coefficient (Wildman–Crippen LogP) is 3.99. The van der Waals surface area contributed by atoms with E-state index in [-0.39, 0.29) is 5.54 Å². The van der Waals surface area contributed by atoms with Gasteiger partial charge in [0.1, 0.15) is 6.61 Å². The summed E-state index contributed by atoms with van der Waals surface area (Å²) in [6, 6.07) is 10.7. The van der Waals surface area contributed by atoms with Crippen LogP contribution >= 0.6 is 11.3 Å². The van der Waals surface area contributed by atoms with E-state index in [1.165, 1.54) is 40.6 Å². The van der Waals surface area contributed by atoms with Crippen LogP contribution in [-0.2, 0) is 4.74 Å². The van der Waals surface area contributed by atoms with Gasteiger partial charge in [-0.1, -0.05) is 31.0 Å². The second-order valence-corrected chi connectivity index (χ2v) is 6.37. The first-order valence-electron chi connectivity index (χ1n) is 6.56. The number of hydrogen-bond acceptors (Lipinski definition) is 3. The van der Waals surface area contributed by atoms with Crippen molar-refractivity contribution < 1.29 is 4.74 Å². The Hall–Kier alpha value is -1.35. The second-order valence-electron chi connectivity index (χ2n) is 5.29. The molecule has 1 fully saturated rings. The molecule has 0 amide bonds. The molecule has 1 aromatic heterocycles. The zero-order chi connectivity index (χ0) is 12.0. The van der Waals surface area contributed by atoms with Crippen LogP contribution in [0.2, 0.25) is 0 Å². The molecular formula is C15H15NOS. The Kier molecular flexibility index (Phi) is 2.24. The van der Waals surface area contributed by atoms with Gasteiger partial charge in [0, 0.05) is 4.70 Å². The quantitative estimate of drug-likeness (QED) is 0.757. The van der Waals surface area contributed by atoms with E-state index in [0.717, 1.165) is 12.5 Å². The Morgan fingerprint density at radius 3 is 2.83 bits per heavy atom. The molecule has 2 heterocycles. The normalized spacial score (nSPS) is 21.4. The number of ether oxygens (including phenoxy) is 1. The lowest BCUT2D eigenvalue weighted by molar-refractivity contribution is 0.258. The van der Waals surface area contributed by atoms with Crippen molar-refractivity contribution in [3.05, 3.63) is 35.2 Å². The van der Waals surface area contributed by atoms with Crippen molar-refractivity contribution in [2.45, 2.75) is 31.2 Å². The monoisotopic (exact) mass is 257 g/mol. The van der Waals surface area contributed by atoms with Gasteiger partial charge in [0.2, 0.25) is 5.90 Å². The molecule has 4 rings (SSSR count). The number of aliphatic imine (C=N–C) groups is 1. The van der Waals surface area contributed by atoms with Crippen LogP contribution in [0.15, 0.2) is 35.3 Å². The van der Waals surface area contributed by atoms with Crippen LogP contribution in [0.1, 0.15) is 30.6 Å². The molecule has 0 N–H and O–H groups in total. The van der Waals surface area contributed by atoms with Crippen LogP contribution in [0, 0.1) is 0 Å². The number of thiophene rings is 1. The maximum absolute atomic E-state index is 5.87. The van der Waals surface area contributed by atoms with Crippen molar-refractivity contribution in [3.8, 4) is 0 Å². The largest absolute Gasteiger partial charge is 0.474 e. The maximum atomic E-state index is 5.87. The first-order valence-corrected chi connectivity index (χ1v) is 7.38. The van der Waals surface area contributed by atoms with Crippen molar-refractivity contribution >= 4 is 27.3 Å². The van der Waals surface area contributed by atoms with Crippen molar-refractivity contribution in [1.29, 1.82) is 0 Å². The molecule has 1 aromatic carbocycles. The van der Waals surface area contributed by atoms with E-state index in [1.54, 1.807) is 11.3 Å². The molecule has 2 aromatic rings. The standard InChI is InChI=1S/C15H15NOS/c1-2-6-12-11(5-1)9-13(18-12)14-16-15(10-17-14)7-3-4-8-15/h1-2,5-6,9H,3-4,7-8,10H2. The van der Waals surface area contributed by atoms with E-state index in [4.69, 9.17) is 9.73 Å². The van der Waals surface area contributed by atoms with E-state index in [2.05, 4.69) is 30.3 Å². The second kappa shape index (κ2) is 3.82. The Morgan fingerprint density at radius 1 is 1.17 bits per heavy atom. The SMILES string of the molecule is c1ccc2sc(C3=NC4(CCCC4)CO3)cc2c1. The first kappa shape index (κ1) is 10.6. The zero-order valence-electron chi connectivity index (χ0n) is 10.2. The molecule has 0 bridgehead atoms. The molecule has 18 heavy (non-hydrogen) atoms. The molecular weight excluding hydrogens is 242 g/mol. The minimum atomic E-state index is 0.117. The molecule has 2 aliphatic rings. The van der Waals surface area contributed by atoms with Crippen LogP contribution in [0.4, 0.5) is 0 Å². The molecule has 1 aliphatic heterocycles. The number of fused-ring (bicyclic) bond motifs is 1. The number of rotatable bonds is 1. The van der Waals surface area contributed by atoms with Gasteiger partial charge < -0.3 is 4.74 Å². The predicted molar refractivity (Wildman–Crippen MR) is 75.5 cm³/mol. The molecule has 0 unspecified atom stereocenters. The van der Waals surface area contributed by atoms with Gasteiger partial charge in [-0.25, -0.2) is 4.99 Å². The van der Waals surface area contributed by atoms with Gasteiger partial charge in [-0.2, -0.15) is 0 Å². The molecule has 1 spiro atoms. The zero-order valence-corrected chi connectivity index (χ0v) is 11.0. The molecule has 0 saturated heterocycles. The van der Waals surface area contributed by atoms with E-state index in [0.29, 0.717) is 0 Å². The molecule has 2 nitrogen and oxygen atoms in total. The lowest BCUT2D eigenvalue weighted by Gasteiger charge is -2.14. The fourth-order valence-electron chi connectivity index (χ4n) is 2.99. The van der Waals surface area contributed by atoms with Gasteiger partial charge in [0.05, 0.1) is 10.4 Å². The summed E-state index contributed by atoms with van der Waals surface area (Å²) in [5, 5.41) is 1.29. The Bertz CT molecular complexity index is 589. The van der Waals surface area contributed by atoms with Crippen LogP contribution < -0.4 is 0 Å². The van der Waals surface area contributed by atoms with E-state index in [1.807, 2.05) is 0 Å². The van der Waals surface area contributed by atoms with Crippen molar-refractivity contribution in [2.24, 2.45) is 4.99 Å². The third-order valence-corrected chi connectivity index (χ3v) is 5.09. The summed E-state index contributed by atoms with van der Waals surface area (Å²) in [6.45, 7) is 0.788. The summed E-state index contributed by atoms with van der Waals surface area (Å²) < 4.78 is 7.18. The first-order chi connectivity index (χ1) is 8.85. The molecule has 1 saturated carbocycles. The van der Waals surface area contributed by atoms with Crippen LogP contribution in [0.25, 0.3) is 10.1 Å². The van der Waals surface area contributed by atoms with E-state index < -0.39 is 0 Å². The Morgan fingerprint density at radius 2 is 2.00 bits per heavy atom. The van der Waals surface area contributed by atoms with Gasteiger partial charge in [-0.15, -0.1) is 11.3 Å². The minimum absolute atomic E-state index is 0.117. The highest BCUT2D eigenvalue weighted by molar-refractivity contribution is 7.20. The fourth-order valence-corrected chi connectivity index (χ4v) is 3.99. The van der Waals surface area contributed by atoms with Gasteiger partial charge in [0.15, 0.2) is 0 Å². The van der Waals surface area contributed by atoms with Gasteiger partial charge in [0.25, 0.3) is 0 Å². The maximum Gasteiger partial charge on any atom is 0.227 e. The summed E-state index contributed by atoms with van der Waals surface area (Å²) >= 11 is 1.78. The highest BCUT2D eigenvalue weighted by atomic mass is 32.1. The van der Waals surface area contributed by atoms with Crippen molar-refractivity contribution in [2.75, 3.05) is 6.61 Å². The van der Waals surface area contributed by atoms with Crippen molar-refractivity contribution in [3.63, 3.8) is 0 Å². The fraction of sp³-hybridized carbons (Fsp3) is 0.400. The lowest BCUT2D eigenvalue weighted by Crippen LogP contribution is -2.22. The van der Waals surface area contributed by atoms with Gasteiger partial charge in [-0.3, -0.25) is 0 Å². The topological polar surface area (TPSA) is 21.6 Å². The van der Waals surface area contributed by atoms with Crippen LogP contribution in [-0.4, -0.2) is 18.0 Å². The molecule has 1 aliphatic carbocycles. The van der Waals surface area contributed by atoms with Gasteiger partial charge >= 0.3 is 0 Å². The lowest BCUT2D eigenvalue weighted by atomic mass is 10.0. The van der Waals surface area contributed by atoms with Crippen molar-refractivity contribution in [1.82, 2.24) is 0 Å². The molecule has 92 valence electrons. The smallest absolute Gasteiger partial charge is 0.227 e. The minimum Gasteiger partial charge on any atom is -0.474 e. The Balaban J connectivity index is 1.75. The number of benzene rings is 1. The number of hydrogen-bond donors (Lipinski definition) is 0. The summed E-state index contributed by atoms with van der Waals surface area (Å²) in [5.41, 5.74) is 0.117. The van der Waals surface area contributed by atoms with Crippen LogP contribution in [0.3, 0.4) is 0 Å². The summed E-state index contributed by atoms with van der Waals surface area (Å²) in [6.07, 6.45) is 4.99. The summed E-state index contributed by atoms with van der Waals surface area (Å²) in [5.74, 6) is 0.873. The number of nitrogens with zero attached hydrogens (tertiary/aromatic N) is 1. The summed E-state index contributed by atoms with van der Waals surface area (Å²) in [4.78, 5) is 6.07. The third kappa shape index (κ3) is 1.57. The average Bonchev–Trinajstić information content (AvgIpc) is 3.10. The van der Waals surface area contributed by atoms with Crippen LogP contribution in [0.5, 0.6) is 0 Å². The van der Waals surface area contributed by atoms with E-state index >= 15 is 0 Å². The molecule has 0 atom stereocenters. The van der Waals surface area contributed by atoms with Gasteiger partial charge in [-0.05, 0) is 30.4 Å². The average molecular weight is 257 g/mol. The highest BCUT2D eigenvalue weighted by Gasteiger charge is 2.39. The Labute approximate surface area is 110 Å². The third-order valence-electron chi connectivity index (χ3n) is 3.99. The van der Waals surface area contributed by atoms with E-state index in [9.17, 15) is 0 Å². The molecule has 3 heteroatoms. The summed E-state index contributed by atoms with van der Waals surface area (Å²) in [7, 11) is 0. The highest BCUT2D eigenvalue weighted by Crippen LogP contribution is 2.38.